The molecule has 0 spiro atoms. The molecule has 7 nitrogen and oxygen atoms in total. The lowest BCUT2D eigenvalue weighted by atomic mass is 9.90. The van der Waals surface area contributed by atoms with Gasteiger partial charge in [0.25, 0.3) is 5.91 Å². The molecule has 2 aromatic carbocycles. The van der Waals surface area contributed by atoms with Gasteiger partial charge in [-0.15, -0.1) is 13.2 Å². The Kier molecular flexibility index (Phi) is 8.41. The van der Waals surface area contributed by atoms with Crippen LogP contribution in [0.2, 0.25) is 0 Å². The van der Waals surface area contributed by atoms with E-state index in [9.17, 15) is 31.5 Å². The van der Waals surface area contributed by atoms with Gasteiger partial charge in [0, 0.05) is 37.3 Å². The van der Waals surface area contributed by atoms with Gasteiger partial charge in [0.1, 0.15) is 23.2 Å². The summed E-state index contributed by atoms with van der Waals surface area (Å²) in [5, 5.41) is 2.68. The molecular weight excluding hydrogens is 523 g/mol. The maximum absolute atomic E-state index is 14.0. The summed E-state index contributed by atoms with van der Waals surface area (Å²) >= 11 is 0. The number of rotatable bonds is 7. The average molecular weight is 549 g/mol. The number of piperidine rings is 1. The van der Waals surface area contributed by atoms with Crippen LogP contribution in [-0.4, -0.2) is 46.1 Å². The number of amides is 2. The molecule has 206 valence electrons. The second kappa shape index (κ2) is 11.7. The minimum Gasteiger partial charge on any atom is -0.406 e. The molecule has 1 aromatic heterocycles. The van der Waals surface area contributed by atoms with E-state index in [1.54, 1.807) is 13.0 Å². The summed E-state index contributed by atoms with van der Waals surface area (Å²) in [5.74, 6) is -2.56. The average Bonchev–Trinajstić information content (AvgIpc) is 2.88. The van der Waals surface area contributed by atoms with Gasteiger partial charge in [-0.05, 0) is 49.6 Å². The molecule has 2 heterocycles. The zero-order valence-corrected chi connectivity index (χ0v) is 20.9. The van der Waals surface area contributed by atoms with Gasteiger partial charge < -0.3 is 15.0 Å². The lowest BCUT2D eigenvalue weighted by molar-refractivity contribution is -0.274. The van der Waals surface area contributed by atoms with Crippen LogP contribution in [0.25, 0.3) is 0 Å². The number of hydrogen-bond donors (Lipinski definition) is 1. The summed E-state index contributed by atoms with van der Waals surface area (Å²) < 4.78 is 69.4. The Morgan fingerprint density at radius 3 is 2.41 bits per heavy atom. The number of ether oxygens (including phenoxy) is 1. The SMILES string of the molecule is Cc1ncc(C(=O)NCc2cccc(OC(F)(F)F)c2)c(C2CCN(C(=O)Cc3c(F)cccc3F)CC2)n1. The molecule has 2 amide bonds. The quantitative estimate of drug-likeness (QED) is 0.428. The molecule has 1 aliphatic rings. The smallest absolute Gasteiger partial charge is 0.406 e. The third kappa shape index (κ3) is 7.27. The fraction of sp³-hybridized carbons (Fsp3) is 0.333. The summed E-state index contributed by atoms with van der Waals surface area (Å²) in [7, 11) is 0. The van der Waals surface area contributed by atoms with E-state index in [0.29, 0.717) is 43.0 Å². The topological polar surface area (TPSA) is 84.4 Å². The van der Waals surface area contributed by atoms with Crippen molar-refractivity contribution < 1.29 is 36.3 Å². The van der Waals surface area contributed by atoms with Gasteiger partial charge in [-0.1, -0.05) is 18.2 Å². The number of carbonyl (C=O) groups is 2. The molecule has 1 saturated heterocycles. The number of halogens is 5. The minimum atomic E-state index is -4.83. The minimum absolute atomic E-state index is 0.0548. The molecule has 1 N–H and O–H groups in total. The third-order valence-corrected chi connectivity index (χ3v) is 6.39. The van der Waals surface area contributed by atoms with E-state index < -0.39 is 42.0 Å². The fourth-order valence-electron chi connectivity index (χ4n) is 4.47. The van der Waals surface area contributed by atoms with E-state index in [1.165, 1.54) is 29.3 Å². The van der Waals surface area contributed by atoms with Crippen LogP contribution in [0.1, 0.15) is 51.8 Å². The van der Waals surface area contributed by atoms with E-state index in [0.717, 1.165) is 18.2 Å². The van der Waals surface area contributed by atoms with Crippen LogP contribution in [0.5, 0.6) is 5.75 Å². The van der Waals surface area contributed by atoms with Gasteiger partial charge in [-0.2, -0.15) is 0 Å². The number of nitrogens with one attached hydrogen (secondary N) is 1. The van der Waals surface area contributed by atoms with E-state index in [-0.39, 0.29) is 23.6 Å². The van der Waals surface area contributed by atoms with Crippen molar-refractivity contribution in [3.05, 3.63) is 88.5 Å². The summed E-state index contributed by atoms with van der Waals surface area (Å²) in [6.45, 7) is 2.26. The van der Waals surface area contributed by atoms with Crippen LogP contribution in [0.4, 0.5) is 22.0 Å². The van der Waals surface area contributed by atoms with Crippen molar-refractivity contribution in [3.63, 3.8) is 0 Å². The highest BCUT2D eigenvalue weighted by Crippen LogP contribution is 2.30. The number of aryl methyl sites for hydroxylation is 1. The maximum Gasteiger partial charge on any atom is 0.573 e. The maximum atomic E-state index is 14.0. The number of alkyl halides is 3. The van der Waals surface area contributed by atoms with Crippen LogP contribution >= 0.6 is 0 Å². The van der Waals surface area contributed by atoms with Gasteiger partial charge in [0.05, 0.1) is 17.7 Å². The molecule has 0 saturated carbocycles. The Labute approximate surface area is 221 Å². The zero-order valence-electron chi connectivity index (χ0n) is 20.9. The van der Waals surface area contributed by atoms with Gasteiger partial charge in [0.2, 0.25) is 5.91 Å². The second-order valence-electron chi connectivity index (χ2n) is 9.13. The lowest BCUT2D eigenvalue weighted by Gasteiger charge is -2.32. The second-order valence-corrected chi connectivity index (χ2v) is 9.13. The van der Waals surface area contributed by atoms with E-state index in [4.69, 9.17) is 0 Å². The number of carbonyl (C=O) groups excluding carboxylic acids is 2. The molecule has 12 heteroatoms. The van der Waals surface area contributed by atoms with E-state index >= 15 is 0 Å². The van der Waals surface area contributed by atoms with Gasteiger partial charge in [-0.25, -0.2) is 18.7 Å². The van der Waals surface area contributed by atoms with Crippen LogP contribution in [0.15, 0.2) is 48.7 Å². The standard InChI is InChI=1S/C27H25F5N4O3/c1-16-33-15-21(26(38)34-14-17-4-2-5-19(12-17)39-27(30,31)32)25(35-16)18-8-10-36(11-9-18)24(37)13-20-22(28)6-3-7-23(20)29/h2-7,12,15,18H,8-11,13-14H2,1H3,(H,34,38). The lowest BCUT2D eigenvalue weighted by Crippen LogP contribution is -2.39. The fourth-order valence-corrected chi connectivity index (χ4v) is 4.47. The van der Waals surface area contributed by atoms with Crippen molar-refractivity contribution in [2.24, 2.45) is 0 Å². The Morgan fingerprint density at radius 1 is 1.08 bits per heavy atom. The highest BCUT2D eigenvalue weighted by molar-refractivity contribution is 5.95. The predicted molar refractivity (Wildman–Crippen MR) is 130 cm³/mol. The monoisotopic (exact) mass is 548 g/mol. The molecule has 0 aliphatic carbocycles. The van der Waals surface area contributed by atoms with E-state index in [2.05, 4.69) is 20.0 Å². The molecule has 0 unspecified atom stereocenters. The molecule has 0 bridgehead atoms. The summed E-state index contributed by atoms with van der Waals surface area (Å²) in [4.78, 5) is 35.8. The number of likely N-dealkylation sites (tertiary alicyclic amines) is 1. The van der Waals surface area contributed by atoms with Crippen molar-refractivity contribution in [1.82, 2.24) is 20.2 Å². The molecule has 4 rings (SSSR count). The van der Waals surface area contributed by atoms with Gasteiger partial charge >= 0.3 is 6.36 Å². The highest BCUT2D eigenvalue weighted by atomic mass is 19.4. The largest absolute Gasteiger partial charge is 0.573 e. The van der Waals surface area contributed by atoms with Crippen LogP contribution in [-0.2, 0) is 17.8 Å². The Morgan fingerprint density at radius 2 is 1.74 bits per heavy atom. The van der Waals surface area contributed by atoms with Crippen molar-refractivity contribution in [2.75, 3.05) is 13.1 Å². The molecular formula is C27H25F5N4O3. The van der Waals surface area contributed by atoms with Crippen LogP contribution < -0.4 is 10.1 Å². The first-order valence-electron chi connectivity index (χ1n) is 12.2. The highest BCUT2D eigenvalue weighted by Gasteiger charge is 2.31. The molecule has 0 radical (unpaired) electrons. The number of benzene rings is 2. The van der Waals surface area contributed by atoms with Crippen LogP contribution in [0.3, 0.4) is 0 Å². The molecule has 1 fully saturated rings. The predicted octanol–water partition coefficient (Wildman–Crippen LogP) is 4.84. The molecule has 0 atom stereocenters. The Bertz CT molecular complexity index is 1340. The third-order valence-electron chi connectivity index (χ3n) is 6.39. The normalized spacial score (nSPS) is 14.3. The number of hydrogen-bond acceptors (Lipinski definition) is 5. The van der Waals surface area contributed by atoms with E-state index in [1.807, 2.05) is 0 Å². The summed E-state index contributed by atoms with van der Waals surface area (Å²) in [6, 6.07) is 8.73. The van der Waals surface area contributed by atoms with Crippen LogP contribution in [0, 0.1) is 18.6 Å². The van der Waals surface area contributed by atoms with Gasteiger partial charge in [0.15, 0.2) is 0 Å². The zero-order chi connectivity index (χ0) is 28.2. The van der Waals surface area contributed by atoms with Crippen molar-refractivity contribution in [2.45, 2.75) is 45.0 Å². The first-order chi connectivity index (χ1) is 18.5. The summed E-state index contributed by atoms with van der Waals surface area (Å²) in [6.07, 6.45) is -2.88. The van der Waals surface area contributed by atoms with Crippen molar-refractivity contribution in [1.29, 1.82) is 0 Å². The number of aromatic nitrogens is 2. The first kappa shape index (κ1) is 27.9. The van der Waals surface area contributed by atoms with Gasteiger partial charge in [-0.3, -0.25) is 9.59 Å². The Balaban J connectivity index is 1.40. The van der Waals surface area contributed by atoms with Crippen molar-refractivity contribution in [3.8, 4) is 5.75 Å². The molecule has 3 aromatic rings. The summed E-state index contributed by atoms with van der Waals surface area (Å²) in [5.41, 5.74) is 0.853. The molecule has 39 heavy (non-hydrogen) atoms. The Hall–Kier alpha value is -4.09. The molecule has 1 aliphatic heterocycles. The number of nitrogens with zero attached hydrogens (tertiary/aromatic N) is 3. The van der Waals surface area contributed by atoms with Crippen molar-refractivity contribution >= 4 is 11.8 Å². The first-order valence-corrected chi connectivity index (χ1v) is 12.2.